The number of alkyl halides is 1. The molecule has 0 aromatic heterocycles. The molecule has 2 aliphatic rings. The average Bonchev–Trinajstić information content (AvgIpc) is 2.57. The third-order valence-corrected chi connectivity index (χ3v) is 4.88. The molecule has 2 fully saturated rings. The van der Waals surface area contributed by atoms with Crippen LogP contribution in [0.1, 0.15) is 53.4 Å². The van der Waals surface area contributed by atoms with Gasteiger partial charge in [0, 0.05) is 31.8 Å². The molecular weight excluding hydrogens is 283 g/mol. The summed E-state index contributed by atoms with van der Waals surface area (Å²) >= 11 is 0. The fraction of sp³-hybridized carbons (Fsp3) is 0.882. The third kappa shape index (κ3) is 4.51. The lowest BCUT2D eigenvalue weighted by Gasteiger charge is -2.38. The second kappa shape index (κ2) is 8.61. The number of halogens is 1. The number of nitrogens with zero attached hydrogens (tertiary/aromatic N) is 2. The van der Waals surface area contributed by atoms with Gasteiger partial charge in [-0.3, -0.25) is 9.59 Å². The molecule has 0 aliphatic carbocycles. The van der Waals surface area contributed by atoms with Crippen molar-refractivity contribution in [3.8, 4) is 0 Å². The van der Waals surface area contributed by atoms with E-state index in [0.29, 0.717) is 13.1 Å². The molecule has 0 saturated carbocycles. The fourth-order valence-electron chi connectivity index (χ4n) is 3.19. The lowest BCUT2D eigenvalue weighted by Crippen LogP contribution is -2.50. The summed E-state index contributed by atoms with van der Waals surface area (Å²) in [5, 5.41) is 0. The SMILES string of the molecule is CC.CCN1CCC(C(=O)N2CCC(F)(C(C)=O)CC2)CC1. The summed E-state index contributed by atoms with van der Waals surface area (Å²) in [5.74, 6) is -0.158. The first-order valence-corrected chi connectivity index (χ1v) is 8.67. The van der Waals surface area contributed by atoms with E-state index in [-0.39, 0.29) is 24.7 Å². The molecule has 4 nitrogen and oxygen atoms in total. The van der Waals surface area contributed by atoms with Gasteiger partial charge < -0.3 is 9.80 Å². The minimum Gasteiger partial charge on any atom is -0.342 e. The van der Waals surface area contributed by atoms with E-state index < -0.39 is 11.5 Å². The van der Waals surface area contributed by atoms with Gasteiger partial charge in [-0.15, -0.1) is 0 Å². The molecule has 128 valence electrons. The van der Waals surface area contributed by atoms with Crippen LogP contribution in [0.5, 0.6) is 0 Å². The second-order valence-electron chi connectivity index (χ2n) is 6.06. The van der Waals surface area contributed by atoms with Gasteiger partial charge in [0.25, 0.3) is 0 Å². The zero-order chi connectivity index (χ0) is 16.8. The number of ketones is 1. The van der Waals surface area contributed by atoms with Gasteiger partial charge >= 0.3 is 0 Å². The molecule has 2 saturated heterocycles. The molecule has 2 heterocycles. The standard InChI is InChI=1S/C15H25FN2O2.C2H6/c1-3-17-8-4-13(5-9-17)14(20)18-10-6-15(16,7-11-18)12(2)19;1-2/h13H,3-11H2,1-2H3;1-2H3. The van der Waals surface area contributed by atoms with Crippen LogP contribution in [0.25, 0.3) is 0 Å². The van der Waals surface area contributed by atoms with Crippen molar-refractivity contribution < 1.29 is 14.0 Å². The molecule has 2 aliphatic heterocycles. The maximum Gasteiger partial charge on any atom is 0.225 e. The highest BCUT2D eigenvalue weighted by Gasteiger charge is 2.41. The molecule has 0 spiro atoms. The van der Waals surface area contributed by atoms with Gasteiger partial charge in [0.05, 0.1) is 0 Å². The number of hydrogen-bond donors (Lipinski definition) is 0. The Hall–Kier alpha value is -0.970. The van der Waals surface area contributed by atoms with Crippen molar-refractivity contribution in [1.29, 1.82) is 0 Å². The van der Waals surface area contributed by atoms with Crippen molar-refractivity contribution in [2.75, 3.05) is 32.7 Å². The van der Waals surface area contributed by atoms with Crippen LogP contribution in [0.2, 0.25) is 0 Å². The molecule has 2 rings (SSSR count). The topological polar surface area (TPSA) is 40.6 Å². The van der Waals surface area contributed by atoms with E-state index in [1.807, 2.05) is 13.8 Å². The van der Waals surface area contributed by atoms with Crippen molar-refractivity contribution in [3.05, 3.63) is 0 Å². The van der Waals surface area contributed by atoms with Crippen molar-refractivity contribution in [2.45, 2.75) is 59.0 Å². The van der Waals surface area contributed by atoms with E-state index in [0.717, 1.165) is 32.5 Å². The Morgan fingerprint density at radius 2 is 1.59 bits per heavy atom. The summed E-state index contributed by atoms with van der Waals surface area (Å²) in [4.78, 5) is 27.8. The van der Waals surface area contributed by atoms with E-state index in [1.54, 1.807) is 4.90 Å². The van der Waals surface area contributed by atoms with Crippen LogP contribution < -0.4 is 0 Å². The molecule has 0 atom stereocenters. The van der Waals surface area contributed by atoms with Crippen LogP contribution in [0, 0.1) is 5.92 Å². The molecule has 0 radical (unpaired) electrons. The quantitative estimate of drug-likeness (QED) is 0.804. The van der Waals surface area contributed by atoms with Crippen LogP contribution >= 0.6 is 0 Å². The Balaban J connectivity index is 0.00000116. The molecule has 22 heavy (non-hydrogen) atoms. The molecule has 0 unspecified atom stereocenters. The number of carbonyl (C=O) groups excluding carboxylic acids is 2. The van der Waals surface area contributed by atoms with Crippen LogP contribution in [0.15, 0.2) is 0 Å². The highest BCUT2D eigenvalue weighted by molar-refractivity contribution is 5.85. The summed E-state index contributed by atoms with van der Waals surface area (Å²) in [6.07, 6.45) is 2.11. The Labute approximate surface area is 134 Å². The van der Waals surface area contributed by atoms with E-state index in [9.17, 15) is 14.0 Å². The minimum absolute atomic E-state index is 0.0854. The zero-order valence-corrected chi connectivity index (χ0v) is 14.5. The first-order valence-electron chi connectivity index (χ1n) is 8.67. The van der Waals surface area contributed by atoms with Crippen molar-refractivity contribution >= 4 is 11.7 Å². The van der Waals surface area contributed by atoms with E-state index >= 15 is 0 Å². The smallest absolute Gasteiger partial charge is 0.225 e. The number of carbonyl (C=O) groups is 2. The predicted octanol–water partition coefficient (Wildman–Crippen LogP) is 2.66. The van der Waals surface area contributed by atoms with Crippen molar-refractivity contribution in [3.63, 3.8) is 0 Å². The number of amides is 1. The Bertz CT molecular complexity index is 371. The van der Waals surface area contributed by atoms with Crippen LogP contribution in [-0.4, -0.2) is 59.9 Å². The average molecular weight is 314 g/mol. The van der Waals surface area contributed by atoms with Crippen LogP contribution in [0.3, 0.4) is 0 Å². The lowest BCUT2D eigenvalue weighted by atomic mass is 9.88. The molecule has 0 N–H and O–H groups in total. The van der Waals surface area contributed by atoms with Gasteiger partial charge in [0.2, 0.25) is 5.91 Å². The molecule has 0 bridgehead atoms. The number of rotatable bonds is 3. The number of Topliss-reactive ketones (excluding diaryl/α,β-unsaturated/α-hetero) is 1. The molecule has 0 aromatic carbocycles. The Morgan fingerprint density at radius 3 is 2.00 bits per heavy atom. The molecular formula is C17H31FN2O2. The van der Waals surface area contributed by atoms with Gasteiger partial charge in [-0.25, -0.2) is 4.39 Å². The van der Waals surface area contributed by atoms with Crippen molar-refractivity contribution in [2.24, 2.45) is 5.92 Å². The van der Waals surface area contributed by atoms with Crippen LogP contribution in [0.4, 0.5) is 4.39 Å². The summed E-state index contributed by atoms with van der Waals surface area (Å²) in [6, 6.07) is 0. The van der Waals surface area contributed by atoms with Gasteiger partial charge in [0.1, 0.15) is 0 Å². The first-order chi connectivity index (χ1) is 10.5. The summed E-state index contributed by atoms with van der Waals surface area (Å²) in [7, 11) is 0. The Morgan fingerprint density at radius 1 is 1.09 bits per heavy atom. The van der Waals surface area contributed by atoms with Crippen LogP contribution in [-0.2, 0) is 9.59 Å². The summed E-state index contributed by atoms with van der Waals surface area (Å²) < 4.78 is 14.2. The molecule has 1 amide bonds. The molecule has 0 aromatic rings. The third-order valence-electron chi connectivity index (χ3n) is 4.88. The summed E-state index contributed by atoms with van der Waals surface area (Å²) in [5.41, 5.74) is -1.71. The Kier molecular flexibility index (Phi) is 7.46. The maximum atomic E-state index is 14.2. The van der Waals surface area contributed by atoms with E-state index in [4.69, 9.17) is 0 Å². The lowest BCUT2D eigenvalue weighted by molar-refractivity contribution is -0.143. The first kappa shape index (κ1) is 19.1. The van der Waals surface area contributed by atoms with E-state index in [2.05, 4.69) is 11.8 Å². The number of hydrogen-bond acceptors (Lipinski definition) is 3. The second-order valence-corrected chi connectivity index (χ2v) is 6.06. The highest BCUT2D eigenvalue weighted by Crippen LogP contribution is 2.29. The van der Waals surface area contributed by atoms with Gasteiger partial charge in [-0.1, -0.05) is 20.8 Å². The zero-order valence-electron chi connectivity index (χ0n) is 14.5. The normalized spacial score (nSPS) is 22.7. The summed E-state index contributed by atoms with van der Waals surface area (Å²) in [6.45, 7) is 11.2. The fourth-order valence-corrected chi connectivity index (χ4v) is 3.19. The highest BCUT2D eigenvalue weighted by atomic mass is 19.1. The largest absolute Gasteiger partial charge is 0.342 e. The molecule has 5 heteroatoms. The maximum absolute atomic E-state index is 14.2. The predicted molar refractivity (Wildman–Crippen MR) is 86.5 cm³/mol. The van der Waals surface area contributed by atoms with Crippen molar-refractivity contribution in [1.82, 2.24) is 9.80 Å². The monoisotopic (exact) mass is 314 g/mol. The van der Waals surface area contributed by atoms with E-state index in [1.165, 1.54) is 6.92 Å². The number of likely N-dealkylation sites (tertiary alicyclic amines) is 2. The van der Waals surface area contributed by atoms with Gasteiger partial charge in [-0.2, -0.15) is 0 Å². The van der Waals surface area contributed by atoms with Gasteiger partial charge in [0.15, 0.2) is 11.5 Å². The van der Waals surface area contributed by atoms with Gasteiger partial charge in [-0.05, 0) is 39.4 Å². The number of piperidine rings is 2. The minimum atomic E-state index is -1.71.